The van der Waals surface area contributed by atoms with Crippen LogP contribution in [0.25, 0.3) is 0 Å². The molecule has 0 aromatic carbocycles. The molecule has 0 N–H and O–H groups in total. The Hall–Kier alpha value is -0.950. The Morgan fingerprint density at radius 2 is 2.05 bits per heavy atom. The molecule has 0 unspecified atom stereocenters. The molecule has 7 heteroatoms. The number of hydrogen-bond acceptors (Lipinski definition) is 5. The van der Waals surface area contributed by atoms with E-state index in [4.69, 9.17) is 0 Å². The Morgan fingerprint density at radius 3 is 2.55 bits per heavy atom. The van der Waals surface area contributed by atoms with Gasteiger partial charge in [0.15, 0.2) is 0 Å². The number of carboxylic acids is 1. The molecule has 3 atom stereocenters. The molecule has 3 aliphatic rings. The van der Waals surface area contributed by atoms with E-state index < -0.39 is 27.4 Å². The summed E-state index contributed by atoms with van der Waals surface area (Å²) in [5.74, 6) is -1.33. The van der Waals surface area contributed by atoms with Gasteiger partial charge in [-0.25, -0.2) is 8.42 Å². The highest BCUT2D eigenvalue weighted by atomic mass is 32.2. The molecule has 1 saturated heterocycles. The standard InChI is InChI=1S/C15H23NO5S/c1-14(2)10-5-6-15(14,12(17)8-10)9-22(20,21)16-7-3-4-11(16)13(18)19/h10-11H,3-9H2,1-2H3,(H,18,19)/p-1/t10-,11+,15-/m0/s1. The van der Waals surface area contributed by atoms with Crippen LogP contribution in [0.1, 0.15) is 46.0 Å². The van der Waals surface area contributed by atoms with E-state index in [2.05, 4.69) is 0 Å². The SMILES string of the molecule is CC1(C)[C@H]2CC[C@]1(CS(=O)(=O)N1CCC[C@@H]1C(=O)[O-])C(=O)C2. The average molecular weight is 328 g/mol. The second-order valence-electron chi connectivity index (χ2n) is 7.51. The molecule has 0 spiro atoms. The Balaban J connectivity index is 1.92. The molecule has 1 aliphatic heterocycles. The molecule has 22 heavy (non-hydrogen) atoms. The van der Waals surface area contributed by atoms with Crippen LogP contribution in [0.2, 0.25) is 0 Å². The number of carboxylic acid groups (broad SMARTS) is 1. The summed E-state index contributed by atoms with van der Waals surface area (Å²) in [6, 6.07) is -1.08. The first-order chi connectivity index (χ1) is 10.1. The normalized spacial score (nSPS) is 37.8. The number of hydrogen-bond donors (Lipinski definition) is 0. The third-order valence-electron chi connectivity index (χ3n) is 6.40. The fourth-order valence-corrected chi connectivity index (χ4v) is 7.26. The number of fused-ring (bicyclic) bond motifs is 2. The van der Waals surface area contributed by atoms with Crippen LogP contribution in [-0.4, -0.2) is 42.8 Å². The molecule has 2 bridgehead atoms. The van der Waals surface area contributed by atoms with E-state index in [0.29, 0.717) is 19.3 Å². The third-order valence-corrected chi connectivity index (χ3v) is 8.41. The zero-order valence-corrected chi connectivity index (χ0v) is 13.8. The molecule has 3 fully saturated rings. The maximum atomic E-state index is 12.8. The van der Waals surface area contributed by atoms with Gasteiger partial charge >= 0.3 is 0 Å². The second kappa shape index (κ2) is 4.77. The third kappa shape index (κ3) is 1.98. The molecule has 0 radical (unpaired) electrons. The smallest absolute Gasteiger partial charge is 0.215 e. The molecule has 3 rings (SSSR count). The highest BCUT2D eigenvalue weighted by Crippen LogP contribution is 2.64. The largest absolute Gasteiger partial charge is 0.548 e. The molecule has 124 valence electrons. The summed E-state index contributed by atoms with van der Waals surface area (Å²) in [5.41, 5.74) is -1.19. The summed E-state index contributed by atoms with van der Waals surface area (Å²) in [7, 11) is -3.79. The maximum Gasteiger partial charge on any atom is 0.215 e. The lowest BCUT2D eigenvalue weighted by atomic mass is 9.70. The van der Waals surface area contributed by atoms with Crippen LogP contribution in [0, 0.1) is 16.7 Å². The lowest BCUT2D eigenvalue weighted by Crippen LogP contribution is -2.51. The van der Waals surface area contributed by atoms with Crippen molar-refractivity contribution in [2.75, 3.05) is 12.3 Å². The fraction of sp³-hybridized carbons (Fsp3) is 0.867. The molecule has 6 nitrogen and oxygen atoms in total. The van der Waals surface area contributed by atoms with E-state index >= 15 is 0 Å². The average Bonchev–Trinajstić information content (AvgIpc) is 3.02. The molecule has 0 amide bonds. The van der Waals surface area contributed by atoms with Crippen molar-refractivity contribution in [3.05, 3.63) is 0 Å². The number of ketones is 1. The predicted molar refractivity (Wildman–Crippen MR) is 77.1 cm³/mol. The van der Waals surface area contributed by atoms with Gasteiger partial charge in [0.1, 0.15) is 5.78 Å². The van der Waals surface area contributed by atoms with Gasteiger partial charge in [0.25, 0.3) is 0 Å². The molecule has 1 heterocycles. The van der Waals surface area contributed by atoms with Gasteiger partial charge in [-0.3, -0.25) is 4.79 Å². The van der Waals surface area contributed by atoms with Crippen LogP contribution >= 0.6 is 0 Å². The predicted octanol–water partition coefficient (Wildman–Crippen LogP) is -0.0741. The summed E-state index contributed by atoms with van der Waals surface area (Å²) in [4.78, 5) is 23.6. The first-order valence-electron chi connectivity index (χ1n) is 7.85. The van der Waals surface area contributed by atoms with Crippen molar-refractivity contribution >= 4 is 21.8 Å². The Bertz CT molecular complexity index is 626. The molecule has 2 aliphatic carbocycles. The number of Topliss-reactive ketones (excluding diaryl/α,β-unsaturated/α-hetero) is 1. The minimum absolute atomic E-state index is 0.0292. The Morgan fingerprint density at radius 1 is 1.36 bits per heavy atom. The van der Waals surface area contributed by atoms with E-state index in [1.165, 1.54) is 0 Å². The van der Waals surface area contributed by atoms with Gasteiger partial charge in [0, 0.05) is 18.4 Å². The lowest BCUT2D eigenvalue weighted by molar-refractivity contribution is -0.309. The highest BCUT2D eigenvalue weighted by Gasteiger charge is 2.65. The van der Waals surface area contributed by atoms with Crippen molar-refractivity contribution in [1.29, 1.82) is 0 Å². The number of nitrogens with zero attached hydrogens (tertiary/aromatic N) is 1. The maximum absolute atomic E-state index is 12.8. The van der Waals surface area contributed by atoms with Gasteiger partial charge < -0.3 is 9.90 Å². The molecular weight excluding hydrogens is 306 g/mol. The van der Waals surface area contributed by atoms with Crippen molar-refractivity contribution in [1.82, 2.24) is 4.31 Å². The number of sulfonamides is 1. The summed E-state index contributed by atoms with van der Waals surface area (Å²) in [6.07, 6.45) is 2.72. The van der Waals surface area contributed by atoms with Gasteiger partial charge in [0.05, 0.1) is 17.8 Å². The van der Waals surface area contributed by atoms with Crippen LogP contribution in [-0.2, 0) is 19.6 Å². The van der Waals surface area contributed by atoms with Crippen LogP contribution < -0.4 is 5.11 Å². The van der Waals surface area contributed by atoms with Crippen LogP contribution in [0.3, 0.4) is 0 Å². The van der Waals surface area contributed by atoms with Crippen molar-refractivity contribution in [2.24, 2.45) is 16.7 Å². The van der Waals surface area contributed by atoms with Gasteiger partial charge in [-0.1, -0.05) is 13.8 Å². The topological polar surface area (TPSA) is 94.6 Å². The van der Waals surface area contributed by atoms with E-state index in [1.807, 2.05) is 13.8 Å². The monoisotopic (exact) mass is 328 g/mol. The fourth-order valence-electron chi connectivity index (χ4n) is 4.81. The zero-order chi connectivity index (χ0) is 16.3. The summed E-state index contributed by atoms with van der Waals surface area (Å²) in [6.45, 7) is 4.16. The molecule has 0 aromatic rings. The van der Waals surface area contributed by atoms with Gasteiger partial charge in [-0.05, 0) is 37.0 Å². The van der Waals surface area contributed by atoms with Gasteiger partial charge in [-0.15, -0.1) is 0 Å². The quantitative estimate of drug-likeness (QED) is 0.720. The molecule has 2 saturated carbocycles. The van der Waals surface area contributed by atoms with E-state index in [-0.39, 0.29) is 35.8 Å². The van der Waals surface area contributed by atoms with Crippen molar-refractivity contribution in [3.8, 4) is 0 Å². The Labute approximate surface area is 130 Å². The highest BCUT2D eigenvalue weighted by molar-refractivity contribution is 7.89. The Kier molecular flexibility index (Phi) is 3.45. The summed E-state index contributed by atoms with van der Waals surface area (Å²) >= 11 is 0. The van der Waals surface area contributed by atoms with Gasteiger partial charge in [0.2, 0.25) is 10.0 Å². The van der Waals surface area contributed by atoms with Crippen LogP contribution in [0.15, 0.2) is 0 Å². The van der Waals surface area contributed by atoms with E-state index in [9.17, 15) is 23.1 Å². The number of aliphatic carboxylic acids is 1. The number of carbonyl (C=O) groups excluding carboxylic acids is 2. The summed E-state index contributed by atoms with van der Waals surface area (Å²) in [5, 5.41) is 11.2. The summed E-state index contributed by atoms with van der Waals surface area (Å²) < 4.78 is 26.7. The minimum atomic E-state index is -3.79. The first-order valence-corrected chi connectivity index (χ1v) is 9.46. The van der Waals surface area contributed by atoms with Gasteiger partial charge in [-0.2, -0.15) is 4.31 Å². The van der Waals surface area contributed by atoms with E-state index in [1.54, 1.807) is 0 Å². The minimum Gasteiger partial charge on any atom is -0.548 e. The zero-order valence-electron chi connectivity index (χ0n) is 13.0. The molecular formula is C15H22NO5S-. The second-order valence-corrected chi connectivity index (χ2v) is 9.43. The van der Waals surface area contributed by atoms with E-state index in [0.717, 1.165) is 10.7 Å². The first kappa shape index (κ1) is 15.9. The lowest BCUT2D eigenvalue weighted by Gasteiger charge is -2.38. The number of rotatable bonds is 4. The van der Waals surface area contributed by atoms with Crippen molar-refractivity contribution in [2.45, 2.75) is 52.0 Å². The van der Waals surface area contributed by atoms with Crippen molar-refractivity contribution < 1.29 is 23.1 Å². The van der Waals surface area contributed by atoms with Crippen LogP contribution in [0.4, 0.5) is 0 Å². The van der Waals surface area contributed by atoms with Crippen molar-refractivity contribution in [3.63, 3.8) is 0 Å². The number of carbonyl (C=O) groups is 2. The molecule has 0 aromatic heterocycles. The van der Waals surface area contributed by atoms with Crippen LogP contribution in [0.5, 0.6) is 0 Å².